The zero-order chi connectivity index (χ0) is 22.8. The largest absolute Gasteiger partial charge is 0.378 e. The molecule has 0 aromatic carbocycles. The summed E-state index contributed by atoms with van der Waals surface area (Å²) < 4.78 is 49.1. The molecule has 1 heterocycles. The van der Waals surface area contributed by atoms with E-state index in [-0.39, 0.29) is 6.29 Å². The molecule has 1 N–H and O–H groups in total. The molecule has 1 fully saturated rings. The predicted octanol–water partition coefficient (Wildman–Crippen LogP) is 0.865. The average Bonchev–Trinajstić information content (AvgIpc) is 2.82. The van der Waals surface area contributed by atoms with Crippen molar-refractivity contribution >= 4 is 0 Å². The van der Waals surface area contributed by atoms with Gasteiger partial charge in [0.15, 0.2) is 6.29 Å². The normalized spacial score (nSPS) is 16.6. The van der Waals surface area contributed by atoms with Crippen LogP contribution in [0.2, 0.25) is 0 Å². The smallest absolute Gasteiger partial charge is 0.157 e. The molecule has 1 unspecified atom stereocenters. The molecule has 0 aromatic heterocycles. The van der Waals surface area contributed by atoms with E-state index in [9.17, 15) is 0 Å². The van der Waals surface area contributed by atoms with Crippen LogP contribution < -0.4 is 5.32 Å². The molecular weight excluding hydrogens is 422 g/mol. The Morgan fingerprint density at radius 1 is 0.562 bits per heavy atom. The first kappa shape index (κ1) is 29.6. The number of nitrogens with one attached hydrogen (secondary N) is 1. The highest BCUT2D eigenvalue weighted by molar-refractivity contribution is 4.53. The van der Waals surface area contributed by atoms with Gasteiger partial charge in [-0.3, -0.25) is 0 Å². The molecule has 32 heavy (non-hydrogen) atoms. The average molecular weight is 468 g/mol. The van der Waals surface area contributed by atoms with E-state index in [1.807, 2.05) is 7.05 Å². The highest BCUT2D eigenvalue weighted by atomic mass is 16.7. The molecule has 10 heteroatoms. The van der Waals surface area contributed by atoms with Gasteiger partial charge in [-0.25, -0.2) is 0 Å². The summed E-state index contributed by atoms with van der Waals surface area (Å²) in [5, 5.41) is 3.02. The van der Waals surface area contributed by atoms with Gasteiger partial charge in [0.2, 0.25) is 0 Å². The molecular formula is C22H45NO9. The van der Waals surface area contributed by atoms with Crippen LogP contribution in [0.25, 0.3) is 0 Å². The molecule has 0 spiro atoms. The fourth-order valence-electron chi connectivity index (χ4n) is 2.68. The van der Waals surface area contributed by atoms with Gasteiger partial charge in [-0.1, -0.05) is 0 Å². The molecule has 1 aliphatic heterocycles. The maximum absolute atomic E-state index is 5.59. The minimum absolute atomic E-state index is 0.0547. The van der Waals surface area contributed by atoms with Crippen molar-refractivity contribution in [2.24, 2.45) is 0 Å². The van der Waals surface area contributed by atoms with Crippen LogP contribution in [-0.2, 0) is 42.6 Å². The zero-order valence-corrected chi connectivity index (χ0v) is 19.9. The molecule has 1 aliphatic rings. The van der Waals surface area contributed by atoms with E-state index >= 15 is 0 Å². The molecule has 0 amide bonds. The van der Waals surface area contributed by atoms with Crippen LogP contribution in [0.3, 0.4) is 0 Å². The Morgan fingerprint density at radius 2 is 0.969 bits per heavy atom. The molecule has 1 rings (SSSR count). The van der Waals surface area contributed by atoms with Crippen molar-refractivity contribution in [3.63, 3.8) is 0 Å². The lowest BCUT2D eigenvalue weighted by molar-refractivity contribution is -0.169. The molecule has 0 aliphatic carbocycles. The molecule has 10 nitrogen and oxygen atoms in total. The topological polar surface area (TPSA) is 95.1 Å². The fraction of sp³-hybridized carbons (Fsp3) is 1.00. The van der Waals surface area contributed by atoms with Gasteiger partial charge in [0.25, 0.3) is 0 Å². The summed E-state index contributed by atoms with van der Waals surface area (Å²) in [4.78, 5) is 0. The van der Waals surface area contributed by atoms with Crippen molar-refractivity contribution in [2.45, 2.75) is 25.6 Å². The van der Waals surface area contributed by atoms with Gasteiger partial charge in [-0.05, 0) is 26.3 Å². The Kier molecular flexibility index (Phi) is 23.4. The monoisotopic (exact) mass is 467 g/mol. The highest BCUT2D eigenvalue weighted by Crippen LogP contribution is 2.13. The summed E-state index contributed by atoms with van der Waals surface area (Å²) in [6.45, 7) is 10.1. The van der Waals surface area contributed by atoms with Crippen LogP contribution in [0, 0.1) is 0 Å². The second-order valence-electron chi connectivity index (χ2n) is 7.06. The third kappa shape index (κ3) is 21.4. The van der Waals surface area contributed by atoms with Gasteiger partial charge in [0.1, 0.15) is 0 Å². The van der Waals surface area contributed by atoms with Gasteiger partial charge >= 0.3 is 0 Å². The number of likely N-dealkylation sites (N-methyl/N-ethyl adjacent to an activating group) is 1. The van der Waals surface area contributed by atoms with E-state index in [4.69, 9.17) is 42.6 Å². The second kappa shape index (κ2) is 25.2. The fourth-order valence-corrected chi connectivity index (χ4v) is 2.68. The molecule has 0 bridgehead atoms. The van der Waals surface area contributed by atoms with Gasteiger partial charge in [0, 0.05) is 13.2 Å². The summed E-state index contributed by atoms with van der Waals surface area (Å²) in [6.07, 6.45) is 3.23. The summed E-state index contributed by atoms with van der Waals surface area (Å²) in [5.41, 5.74) is 0. The quantitative estimate of drug-likeness (QED) is 0.195. The number of ether oxygens (including phenoxy) is 9. The van der Waals surface area contributed by atoms with Gasteiger partial charge in [-0.15, -0.1) is 0 Å². The standard InChI is InChI=1S/C22H45NO9/c1-23-5-7-24-8-9-25-10-11-26-12-13-27-14-15-28-16-17-29-18-19-30-20-21-32-22-4-2-3-6-31-22/h22-23H,2-21H2,1H3. The summed E-state index contributed by atoms with van der Waals surface area (Å²) in [6, 6.07) is 0. The lowest BCUT2D eigenvalue weighted by Crippen LogP contribution is -2.24. The van der Waals surface area contributed by atoms with Crippen molar-refractivity contribution in [3.8, 4) is 0 Å². The van der Waals surface area contributed by atoms with Crippen molar-refractivity contribution in [3.05, 3.63) is 0 Å². The SMILES string of the molecule is CNCCOCCOCCOCCOCCOCCOCCOCCOC1CCCCO1. The van der Waals surface area contributed by atoms with E-state index in [0.717, 1.165) is 26.0 Å². The maximum atomic E-state index is 5.59. The minimum atomic E-state index is -0.0547. The third-order valence-corrected chi connectivity index (χ3v) is 4.40. The zero-order valence-electron chi connectivity index (χ0n) is 19.9. The van der Waals surface area contributed by atoms with Crippen molar-refractivity contribution < 1.29 is 42.6 Å². The number of rotatable bonds is 25. The Hall–Kier alpha value is -0.400. The van der Waals surface area contributed by atoms with Crippen molar-refractivity contribution in [1.82, 2.24) is 5.32 Å². The highest BCUT2D eigenvalue weighted by Gasteiger charge is 2.13. The van der Waals surface area contributed by atoms with Crippen LogP contribution in [0.15, 0.2) is 0 Å². The first-order valence-electron chi connectivity index (χ1n) is 11.9. The van der Waals surface area contributed by atoms with Crippen molar-refractivity contribution in [1.29, 1.82) is 0 Å². The Bertz CT molecular complexity index is 360. The van der Waals surface area contributed by atoms with Gasteiger partial charge < -0.3 is 47.9 Å². The van der Waals surface area contributed by atoms with Crippen LogP contribution in [0.1, 0.15) is 19.3 Å². The number of hydrogen-bond acceptors (Lipinski definition) is 10. The van der Waals surface area contributed by atoms with Gasteiger partial charge in [-0.2, -0.15) is 0 Å². The summed E-state index contributed by atoms with van der Waals surface area (Å²) in [7, 11) is 1.90. The lowest BCUT2D eigenvalue weighted by atomic mass is 10.2. The van der Waals surface area contributed by atoms with Crippen molar-refractivity contribution in [2.75, 3.05) is 119 Å². The predicted molar refractivity (Wildman–Crippen MR) is 119 cm³/mol. The van der Waals surface area contributed by atoms with Crippen LogP contribution in [-0.4, -0.2) is 126 Å². The lowest BCUT2D eigenvalue weighted by Gasteiger charge is -2.22. The first-order valence-corrected chi connectivity index (χ1v) is 11.9. The van der Waals surface area contributed by atoms with Crippen LogP contribution in [0.5, 0.6) is 0 Å². The van der Waals surface area contributed by atoms with E-state index in [1.54, 1.807) is 0 Å². The maximum Gasteiger partial charge on any atom is 0.157 e. The first-order chi connectivity index (χ1) is 15.9. The number of hydrogen-bond donors (Lipinski definition) is 1. The Morgan fingerprint density at radius 3 is 1.34 bits per heavy atom. The van der Waals surface area contributed by atoms with E-state index < -0.39 is 0 Å². The van der Waals surface area contributed by atoms with E-state index in [1.165, 1.54) is 6.42 Å². The molecule has 0 aromatic rings. The van der Waals surface area contributed by atoms with E-state index in [0.29, 0.717) is 99.1 Å². The molecule has 0 radical (unpaired) electrons. The van der Waals surface area contributed by atoms with Crippen LogP contribution >= 0.6 is 0 Å². The third-order valence-electron chi connectivity index (χ3n) is 4.40. The summed E-state index contributed by atoms with van der Waals surface area (Å²) in [5.74, 6) is 0. The minimum Gasteiger partial charge on any atom is -0.378 e. The second-order valence-corrected chi connectivity index (χ2v) is 7.06. The molecule has 1 saturated heterocycles. The Balaban J connectivity index is 1.62. The summed E-state index contributed by atoms with van der Waals surface area (Å²) >= 11 is 0. The molecule has 0 saturated carbocycles. The Labute approximate surface area is 193 Å². The molecule has 1 atom stereocenters. The van der Waals surface area contributed by atoms with Crippen LogP contribution in [0.4, 0.5) is 0 Å². The molecule has 192 valence electrons. The van der Waals surface area contributed by atoms with E-state index in [2.05, 4.69) is 5.32 Å². The van der Waals surface area contributed by atoms with Gasteiger partial charge in [0.05, 0.1) is 99.1 Å².